The minimum Gasteiger partial charge on any atom is -0.350 e. The normalized spacial score (nSPS) is 12.7. The predicted molar refractivity (Wildman–Crippen MR) is 90.4 cm³/mol. The molecule has 0 saturated carbocycles. The van der Waals surface area contributed by atoms with Crippen LogP contribution in [-0.4, -0.2) is 30.7 Å². The van der Waals surface area contributed by atoms with Crippen LogP contribution in [-0.2, 0) is 14.1 Å². The van der Waals surface area contributed by atoms with E-state index in [0.717, 1.165) is 6.42 Å². The maximum atomic E-state index is 12.5. The Morgan fingerprint density at radius 3 is 2.67 bits per heavy atom. The molecule has 0 aliphatic heterocycles. The second-order valence-corrected chi connectivity index (χ2v) is 5.92. The highest BCUT2D eigenvalue weighted by Gasteiger charge is 2.16. The van der Waals surface area contributed by atoms with Crippen molar-refractivity contribution < 1.29 is 4.79 Å². The summed E-state index contributed by atoms with van der Waals surface area (Å²) < 4.78 is 3.83. The Labute approximate surface area is 137 Å². The summed E-state index contributed by atoms with van der Waals surface area (Å²) in [6.07, 6.45) is 0.812. The molecular weight excluding hydrogens is 310 g/mol. The first-order valence-electron chi connectivity index (χ1n) is 7.74. The predicted octanol–water partition coefficient (Wildman–Crippen LogP) is 0.413. The van der Waals surface area contributed by atoms with Gasteiger partial charge < -0.3 is 5.32 Å². The molecule has 0 saturated heterocycles. The first kappa shape index (κ1) is 16.0. The Morgan fingerprint density at radius 1 is 1.29 bits per heavy atom. The smallest absolute Gasteiger partial charge is 0.350 e. The van der Waals surface area contributed by atoms with Gasteiger partial charge in [-0.15, -0.1) is 5.10 Å². The largest absolute Gasteiger partial charge is 0.351 e. The number of aryl methyl sites for hydroxylation is 2. The number of rotatable bonds is 3. The summed E-state index contributed by atoms with van der Waals surface area (Å²) in [5.74, 6) is -0.00324. The zero-order valence-electron chi connectivity index (χ0n) is 14.0. The number of nitrogens with zero attached hydrogens (tertiary/aromatic N) is 4. The molecule has 1 aromatic carbocycles. The van der Waals surface area contributed by atoms with E-state index in [4.69, 9.17) is 0 Å². The molecule has 8 nitrogen and oxygen atoms in total. The Kier molecular flexibility index (Phi) is 3.75. The van der Waals surface area contributed by atoms with E-state index in [1.807, 2.05) is 13.8 Å². The molecule has 0 bridgehead atoms. The topological polar surface area (TPSA) is 90.4 Å². The van der Waals surface area contributed by atoms with Gasteiger partial charge >= 0.3 is 5.69 Å². The van der Waals surface area contributed by atoms with Gasteiger partial charge in [-0.05, 0) is 31.5 Å². The quantitative estimate of drug-likeness (QED) is 0.754. The number of carbonyl (C=O) groups is 1. The van der Waals surface area contributed by atoms with E-state index < -0.39 is 0 Å². The molecular formula is C16H19N5O3. The molecule has 0 aliphatic rings. The van der Waals surface area contributed by atoms with E-state index in [1.54, 1.807) is 25.2 Å². The summed E-state index contributed by atoms with van der Waals surface area (Å²) in [6, 6.07) is 4.76. The Balaban J connectivity index is 2.31. The van der Waals surface area contributed by atoms with Crippen molar-refractivity contribution in [3.63, 3.8) is 0 Å². The number of carbonyl (C=O) groups excluding carboxylic acids is 1. The standard InChI is InChI=1S/C16H19N5O3/c1-5-9(2)17-13(22)10-6-7-11-12(8-10)21-15(19(3)14(11)23)18-20(4)16(21)24/h6-9H,5H2,1-4H3,(H,17,22). The molecule has 0 radical (unpaired) electrons. The fourth-order valence-electron chi connectivity index (χ4n) is 2.60. The molecule has 0 aliphatic carbocycles. The maximum absolute atomic E-state index is 12.5. The highest BCUT2D eigenvalue weighted by Crippen LogP contribution is 2.13. The van der Waals surface area contributed by atoms with Gasteiger partial charge in [-0.25, -0.2) is 13.9 Å². The molecule has 0 spiro atoms. The summed E-state index contributed by atoms with van der Waals surface area (Å²) in [6.45, 7) is 3.90. The zero-order valence-corrected chi connectivity index (χ0v) is 14.0. The van der Waals surface area contributed by atoms with E-state index in [-0.39, 0.29) is 29.0 Å². The fraction of sp³-hybridized carbons (Fsp3) is 0.375. The van der Waals surface area contributed by atoms with Crippen LogP contribution in [0.2, 0.25) is 0 Å². The first-order valence-corrected chi connectivity index (χ1v) is 7.74. The second kappa shape index (κ2) is 5.63. The highest BCUT2D eigenvalue weighted by atomic mass is 16.2. The number of hydrogen-bond acceptors (Lipinski definition) is 4. The second-order valence-electron chi connectivity index (χ2n) is 5.92. The van der Waals surface area contributed by atoms with Crippen molar-refractivity contribution in [2.75, 3.05) is 0 Å². The van der Waals surface area contributed by atoms with Gasteiger partial charge in [-0.1, -0.05) is 6.92 Å². The van der Waals surface area contributed by atoms with Crippen LogP contribution < -0.4 is 16.6 Å². The summed E-state index contributed by atoms with van der Waals surface area (Å²) in [4.78, 5) is 37.2. The van der Waals surface area contributed by atoms with Gasteiger partial charge in [0.25, 0.3) is 11.5 Å². The molecule has 3 rings (SSSR count). The summed E-state index contributed by atoms with van der Waals surface area (Å²) in [5, 5.41) is 7.32. The highest BCUT2D eigenvalue weighted by molar-refractivity contribution is 5.98. The Hall–Kier alpha value is -2.90. The van der Waals surface area contributed by atoms with Crippen molar-refractivity contribution in [1.82, 2.24) is 24.1 Å². The molecule has 2 aromatic heterocycles. The third kappa shape index (κ3) is 2.31. The molecule has 1 amide bonds. The van der Waals surface area contributed by atoms with Gasteiger partial charge in [0, 0.05) is 25.7 Å². The van der Waals surface area contributed by atoms with Gasteiger partial charge in [0.2, 0.25) is 5.78 Å². The molecule has 1 atom stereocenters. The van der Waals surface area contributed by atoms with Crippen molar-refractivity contribution in [3.05, 3.63) is 44.6 Å². The third-order valence-corrected chi connectivity index (χ3v) is 4.23. The fourth-order valence-corrected chi connectivity index (χ4v) is 2.60. The van der Waals surface area contributed by atoms with E-state index in [0.29, 0.717) is 16.5 Å². The van der Waals surface area contributed by atoms with Crippen molar-refractivity contribution in [2.24, 2.45) is 14.1 Å². The Bertz CT molecular complexity index is 1070. The molecule has 1 N–H and O–H groups in total. The van der Waals surface area contributed by atoms with Crippen molar-refractivity contribution in [3.8, 4) is 0 Å². The first-order chi connectivity index (χ1) is 11.3. The lowest BCUT2D eigenvalue weighted by Crippen LogP contribution is -2.32. The van der Waals surface area contributed by atoms with Crippen LogP contribution in [0.3, 0.4) is 0 Å². The lowest BCUT2D eigenvalue weighted by molar-refractivity contribution is 0.0939. The lowest BCUT2D eigenvalue weighted by Gasteiger charge is -2.12. The third-order valence-electron chi connectivity index (χ3n) is 4.23. The van der Waals surface area contributed by atoms with Crippen LogP contribution in [0.4, 0.5) is 0 Å². The molecule has 0 fully saturated rings. The number of amides is 1. The maximum Gasteiger partial charge on any atom is 0.351 e. The molecule has 3 aromatic rings. The van der Waals surface area contributed by atoms with Gasteiger partial charge in [0.15, 0.2) is 0 Å². The van der Waals surface area contributed by atoms with Crippen LogP contribution in [0.1, 0.15) is 30.6 Å². The molecule has 1 unspecified atom stereocenters. The summed E-state index contributed by atoms with van der Waals surface area (Å²) in [5.41, 5.74) is 0.137. The van der Waals surface area contributed by atoms with Crippen LogP contribution in [0, 0.1) is 0 Å². The van der Waals surface area contributed by atoms with Gasteiger partial charge in [-0.2, -0.15) is 0 Å². The van der Waals surface area contributed by atoms with Crippen molar-refractivity contribution in [2.45, 2.75) is 26.3 Å². The molecule has 24 heavy (non-hydrogen) atoms. The monoisotopic (exact) mass is 329 g/mol. The SMILES string of the molecule is CCC(C)NC(=O)c1ccc2c(=O)n(C)c3nn(C)c(=O)n3c2c1. The molecule has 2 heterocycles. The number of hydrogen-bond donors (Lipinski definition) is 1. The number of fused-ring (bicyclic) bond motifs is 3. The average molecular weight is 329 g/mol. The lowest BCUT2D eigenvalue weighted by atomic mass is 10.1. The van der Waals surface area contributed by atoms with Crippen LogP contribution >= 0.6 is 0 Å². The van der Waals surface area contributed by atoms with Crippen molar-refractivity contribution >= 4 is 22.6 Å². The summed E-state index contributed by atoms with van der Waals surface area (Å²) >= 11 is 0. The number of aromatic nitrogens is 4. The van der Waals surface area contributed by atoms with Crippen molar-refractivity contribution in [1.29, 1.82) is 0 Å². The zero-order chi connectivity index (χ0) is 17.6. The minimum atomic E-state index is -0.370. The minimum absolute atomic E-state index is 0.0398. The van der Waals surface area contributed by atoms with E-state index >= 15 is 0 Å². The van der Waals surface area contributed by atoms with Crippen LogP contribution in [0.5, 0.6) is 0 Å². The molecule has 8 heteroatoms. The summed E-state index contributed by atoms with van der Waals surface area (Å²) in [7, 11) is 3.08. The Morgan fingerprint density at radius 2 is 2.00 bits per heavy atom. The van der Waals surface area contributed by atoms with Gasteiger partial charge in [-0.3, -0.25) is 14.2 Å². The van der Waals surface area contributed by atoms with E-state index in [2.05, 4.69) is 10.4 Å². The number of benzene rings is 1. The van der Waals surface area contributed by atoms with Crippen LogP contribution in [0.15, 0.2) is 27.8 Å². The van der Waals surface area contributed by atoms with E-state index in [1.165, 1.54) is 20.7 Å². The van der Waals surface area contributed by atoms with Gasteiger partial charge in [0.1, 0.15) is 0 Å². The van der Waals surface area contributed by atoms with Gasteiger partial charge in [0.05, 0.1) is 10.9 Å². The molecule has 126 valence electrons. The van der Waals surface area contributed by atoms with E-state index in [9.17, 15) is 14.4 Å². The van der Waals surface area contributed by atoms with Crippen LogP contribution in [0.25, 0.3) is 16.7 Å². The average Bonchev–Trinajstić information content (AvgIpc) is 2.87. The number of nitrogens with one attached hydrogen (secondary N) is 1.